The maximum Gasteiger partial charge on any atom is 0.145 e. The van der Waals surface area contributed by atoms with Crippen molar-refractivity contribution in [2.24, 2.45) is 0 Å². The highest BCUT2D eigenvalue weighted by Gasteiger charge is 2.45. The van der Waals surface area contributed by atoms with E-state index in [9.17, 15) is 0 Å². The third-order valence-electron chi connectivity index (χ3n) is 7.87. The monoisotopic (exact) mass is 436 g/mol. The number of aryl methyl sites for hydroxylation is 1. The summed E-state index contributed by atoms with van der Waals surface area (Å²) >= 11 is 0. The van der Waals surface area contributed by atoms with Crippen molar-refractivity contribution in [1.82, 2.24) is 20.3 Å². The predicted molar refractivity (Wildman–Crippen MR) is 133 cm³/mol. The second-order valence-electron chi connectivity index (χ2n) is 9.64. The molecule has 5 heterocycles. The van der Waals surface area contributed by atoms with Gasteiger partial charge in [0.2, 0.25) is 0 Å². The number of para-hydroxylation sites is 1. The molecule has 2 aromatic heterocycles. The topological polar surface area (TPSA) is 60.1 Å². The van der Waals surface area contributed by atoms with Crippen LogP contribution < -0.4 is 15.1 Å². The summed E-state index contributed by atoms with van der Waals surface area (Å²) in [4.78, 5) is 17.4. The van der Waals surface area contributed by atoms with E-state index in [0.717, 1.165) is 55.9 Å². The predicted octanol–water partition coefficient (Wildman–Crippen LogP) is 4.82. The van der Waals surface area contributed by atoms with Crippen LogP contribution in [0.2, 0.25) is 0 Å². The summed E-state index contributed by atoms with van der Waals surface area (Å²) in [6.45, 7) is 4.17. The Labute approximate surface area is 193 Å². The fraction of sp³-hybridized carbons (Fsp3) is 0.333. The first-order valence-electron chi connectivity index (χ1n) is 12.1. The number of hydrogen-bond donors (Lipinski definition) is 2. The lowest BCUT2D eigenvalue weighted by atomic mass is 9.74. The highest BCUT2D eigenvalue weighted by atomic mass is 15.2. The van der Waals surface area contributed by atoms with Gasteiger partial charge in [-0.1, -0.05) is 18.2 Å². The number of nitrogens with one attached hydrogen (secondary N) is 2. The first-order valence-corrected chi connectivity index (χ1v) is 12.1. The quantitative estimate of drug-likeness (QED) is 0.472. The zero-order chi connectivity index (χ0) is 21.8. The molecular formula is C27H28N6. The fourth-order valence-corrected chi connectivity index (χ4v) is 6.22. The number of piperidine rings is 1. The second-order valence-corrected chi connectivity index (χ2v) is 9.64. The molecule has 0 radical (unpaired) electrons. The van der Waals surface area contributed by atoms with Crippen LogP contribution in [-0.4, -0.2) is 41.1 Å². The van der Waals surface area contributed by atoms with E-state index >= 15 is 0 Å². The van der Waals surface area contributed by atoms with Gasteiger partial charge in [-0.25, -0.2) is 9.97 Å². The zero-order valence-electron chi connectivity index (χ0n) is 18.7. The first kappa shape index (κ1) is 19.1. The molecule has 7 rings (SSSR count). The molecule has 0 saturated carbocycles. The van der Waals surface area contributed by atoms with Crippen molar-refractivity contribution in [3.63, 3.8) is 0 Å². The Bertz CT molecular complexity index is 1340. The third kappa shape index (κ3) is 2.90. The Morgan fingerprint density at radius 2 is 1.82 bits per heavy atom. The normalized spacial score (nSPS) is 19.2. The summed E-state index contributed by atoms with van der Waals surface area (Å²) in [6.07, 6.45) is 8.30. The van der Waals surface area contributed by atoms with E-state index in [1.807, 2.05) is 6.20 Å². The Morgan fingerprint density at radius 3 is 2.76 bits per heavy atom. The molecule has 6 nitrogen and oxygen atoms in total. The molecule has 3 aliphatic heterocycles. The number of benzene rings is 2. The molecule has 166 valence electrons. The SMILES string of the molecule is c1ccc2c(c1)CCCN2c1ccc2c(c1)C1(CCNCC1)CN2c1ncnc2[nH]ccc12. The molecule has 2 N–H and O–H groups in total. The molecule has 4 aromatic rings. The molecule has 0 aliphatic carbocycles. The minimum Gasteiger partial charge on any atom is -0.346 e. The Kier molecular flexibility index (Phi) is 4.24. The molecule has 3 aliphatic rings. The van der Waals surface area contributed by atoms with Crippen LogP contribution in [0.5, 0.6) is 0 Å². The van der Waals surface area contributed by atoms with Crippen LogP contribution in [0.1, 0.15) is 30.4 Å². The fourth-order valence-electron chi connectivity index (χ4n) is 6.22. The van der Waals surface area contributed by atoms with Gasteiger partial charge in [-0.05, 0) is 80.2 Å². The average Bonchev–Trinajstić information content (AvgIpc) is 3.47. The van der Waals surface area contributed by atoms with Crippen molar-refractivity contribution in [3.05, 3.63) is 72.2 Å². The minimum absolute atomic E-state index is 0.152. The number of aromatic amines is 1. The molecule has 6 heteroatoms. The van der Waals surface area contributed by atoms with Crippen LogP contribution >= 0.6 is 0 Å². The van der Waals surface area contributed by atoms with Gasteiger partial charge in [-0.3, -0.25) is 0 Å². The van der Waals surface area contributed by atoms with Crippen LogP contribution in [0, 0.1) is 0 Å². The van der Waals surface area contributed by atoms with Gasteiger partial charge in [-0.15, -0.1) is 0 Å². The first-order chi connectivity index (χ1) is 16.3. The number of fused-ring (bicyclic) bond motifs is 4. The molecular weight excluding hydrogens is 408 g/mol. The number of anilines is 4. The Morgan fingerprint density at radius 1 is 0.909 bits per heavy atom. The highest BCUT2D eigenvalue weighted by molar-refractivity contribution is 5.91. The number of hydrogen-bond acceptors (Lipinski definition) is 5. The molecule has 0 unspecified atom stereocenters. The summed E-state index contributed by atoms with van der Waals surface area (Å²) in [7, 11) is 0. The van der Waals surface area contributed by atoms with E-state index in [4.69, 9.17) is 4.98 Å². The molecule has 2 aromatic carbocycles. The van der Waals surface area contributed by atoms with Crippen LogP contribution in [0.4, 0.5) is 22.9 Å². The molecule has 0 atom stereocenters. The van der Waals surface area contributed by atoms with Gasteiger partial charge in [0.15, 0.2) is 0 Å². The van der Waals surface area contributed by atoms with Gasteiger partial charge in [0, 0.05) is 41.8 Å². The number of aromatic nitrogens is 3. The minimum atomic E-state index is 0.152. The number of H-pyrrole nitrogens is 1. The standard InChI is InChI=1S/C27H28N6/c1-2-6-23-19(4-1)5-3-15-32(23)20-7-8-24-22(16-20)27(10-13-28-14-11-27)17-33(24)26-21-9-12-29-25(21)30-18-31-26/h1-2,4,6-9,12,16,18,28H,3,5,10-11,13-15,17H2,(H,29,30,31). The van der Waals surface area contributed by atoms with Crippen molar-refractivity contribution in [2.75, 3.05) is 36.0 Å². The summed E-state index contributed by atoms with van der Waals surface area (Å²) in [6, 6.07) is 18.1. The Balaban J connectivity index is 1.37. The van der Waals surface area contributed by atoms with Gasteiger partial charge in [0.25, 0.3) is 0 Å². The lowest BCUT2D eigenvalue weighted by molar-refractivity contribution is 0.329. The molecule has 1 spiro atoms. The van der Waals surface area contributed by atoms with Crippen molar-refractivity contribution in [2.45, 2.75) is 31.1 Å². The second kappa shape index (κ2) is 7.32. The summed E-state index contributed by atoms with van der Waals surface area (Å²) in [5.41, 5.74) is 7.96. The molecule has 1 fully saturated rings. The van der Waals surface area contributed by atoms with Crippen LogP contribution in [0.25, 0.3) is 11.0 Å². The number of rotatable bonds is 2. The number of nitrogens with zero attached hydrogens (tertiary/aromatic N) is 4. The van der Waals surface area contributed by atoms with E-state index in [1.165, 1.54) is 41.0 Å². The van der Waals surface area contributed by atoms with Crippen LogP contribution in [0.15, 0.2) is 61.1 Å². The smallest absolute Gasteiger partial charge is 0.145 e. The lowest BCUT2D eigenvalue weighted by Gasteiger charge is -2.36. The van der Waals surface area contributed by atoms with E-state index in [2.05, 4.69) is 73.6 Å². The van der Waals surface area contributed by atoms with Crippen molar-refractivity contribution in [3.8, 4) is 0 Å². The molecule has 0 amide bonds. The van der Waals surface area contributed by atoms with E-state index in [0.29, 0.717) is 0 Å². The Hall–Kier alpha value is -3.38. The highest BCUT2D eigenvalue weighted by Crippen LogP contribution is 2.51. The summed E-state index contributed by atoms with van der Waals surface area (Å²) in [5.74, 6) is 1.01. The molecule has 0 bridgehead atoms. The lowest BCUT2D eigenvalue weighted by Crippen LogP contribution is -2.42. The largest absolute Gasteiger partial charge is 0.346 e. The van der Waals surface area contributed by atoms with Gasteiger partial charge in [0.1, 0.15) is 17.8 Å². The van der Waals surface area contributed by atoms with Gasteiger partial charge < -0.3 is 20.1 Å². The van der Waals surface area contributed by atoms with E-state index < -0.39 is 0 Å². The van der Waals surface area contributed by atoms with Crippen LogP contribution in [0.3, 0.4) is 0 Å². The van der Waals surface area contributed by atoms with Gasteiger partial charge >= 0.3 is 0 Å². The third-order valence-corrected chi connectivity index (χ3v) is 7.87. The van der Waals surface area contributed by atoms with Crippen LogP contribution in [-0.2, 0) is 11.8 Å². The van der Waals surface area contributed by atoms with Gasteiger partial charge in [0.05, 0.1) is 5.39 Å². The van der Waals surface area contributed by atoms with Gasteiger partial charge in [-0.2, -0.15) is 0 Å². The summed E-state index contributed by atoms with van der Waals surface area (Å²) in [5, 5.41) is 4.66. The van der Waals surface area contributed by atoms with Crippen molar-refractivity contribution >= 4 is 33.9 Å². The average molecular weight is 437 g/mol. The van der Waals surface area contributed by atoms with Crippen molar-refractivity contribution in [1.29, 1.82) is 0 Å². The molecule has 33 heavy (non-hydrogen) atoms. The summed E-state index contributed by atoms with van der Waals surface area (Å²) < 4.78 is 0. The van der Waals surface area contributed by atoms with E-state index in [1.54, 1.807) is 6.33 Å². The van der Waals surface area contributed by atoms with E-state index in [-0.39, 0.29) is 5.41 Å². The maximum absolute atomic E-state index is 4.75. The maximum atomic E-state index is 4.75. The van der Waals surface area contributed by atoms with Crippen molar-refractivity contribution < 1.29 is 0 Å². The zero-order valence-corrected chi connectivity index (χ0v) is 18.7. The molecule has 1 saturated heterocycles.